The Morgan fingerprint density at radius 2 is 0.442 bits per heavy atom. The number of aliphatic hydroxyl groups is 8. The predicted molar refractivity (Wildman–Crippen MR) is 343 cm³/mol. The Balaban J connectivity index is -0.00000101. The second-order valence-corrected chi connectivity index (χ2v) is 24.1. The lowest BCUT2D eigenvalue weighted by Crippen LogP contribution is -2.58. The number of aliphatic carboxylic acids is 3. The van der Waals surface area contributed by atoms with Crippen LogP contribution in [-0.2, 0) is 33.3 Å². The highest BCUT2D eigenvalue weighted by Gasteiger charge is 2.44. The molecular weight excluding hydrogens is 1100 g/mol. The normalized spacial score (nSPS) is 21.6. The van der Waals surface area contributed by atoms with Crippen molar-refractivity contribution in [2.24, 2.45) is 0 Å². The quantitative estimate of drug-likeness (QED) is 0.0252. The van der Waals surface area contributed by atoms with E-state index in [0.29, 0.717) is 19.3 Å². The van der Waals surface area contributed by atoms with Gasteiger partial charge in [0, 0.05) is 33.5 Å². The van der Waals surface area contributed by atoms with E-state index in [1.807, 2.05) is 0 Å². The SMILES string of the molecule is CCCCCCCCCCCCCCCCCC(=O)O.CCCCCCCCCCCCCCCCCC(=O)O.CCCCCCCCCCCCCCCCCC(=O)O.COC1OC(CO)C(O)C(O)C1O.COC1OC(CO)C(O)C(O)C1O. The summed E-state index contributed by atoms with van der Waals surface area (Å²) in [5.74, 6) is -1.96. The second-order valence-electron chi connectivity index (χ2n) is 24.1. The predicted octanol–water partition coefficient (Wildman–Crippen LogP) is 13.9. The molecule has 0 aromatic heterocycles. The van der Waals surface area contributed by atoms with Gasteiger partial charge >= 0.3 is 17.9 Å². The summed E-state index contributed by atoms with van der Waals surface area (Å²) in [4.78, 5) is 31.0. The molecule has 2 fully saturated rings. The number of carboxylic acids is 3. The van der Waals surface area contributed by atoms with Crippen LogP contribution in [0.2, 0.25) is 0 Å². The number of carbonyl (C=O) groups is 3. The van der Waals surface area contributed by atoms with E-state index in [1.165, 1.54) is 265 Å². The zero-order valence-electron chi connectivity index (χ0n) is 55.4. The van der Waals surface area contributed by atoms with Crippen molar-refractivity contribution in [3.05, 3.63) is 0 Å². The van der Waals surface area contributed by atoms with Crippen LogP contribution in [0.3, 0.4) is 0 Å². The number of aliphatic hydroxyl groups excluding tert-OH is 8. The molecule has 2 heterocycles. The van der Waals surface area contributed by atoms with E-state index in [4.69, 9.17) is 44.5 Å². The van der Waals surface area contributed by atoms with Gasteiger partial charge in [-0.05, 0) is 19.3 Å². The van der Waals surface area contributed by atoms with Crippen molar-refractivity contribution >= 4 is 17.9 Å². The average molecular weight is 1240 g/mol. The second kappa shape index (κ2) is 67.3. The molecule has 2 saturated heterocycles. The first-order valence-electron chi connectivity index (χ1n) is 34.9. The molecule has 18 heteroatoms. The van der Waals surface area contributed by atoms with Gasteiger partial charge in [-0.2, -0.15) is 0 Å². The maximum Gasteiger partial charge on any atom is 0.303 e. The highest BCUT2D eigenvalue weighted by atomic mass is 16.7. The third-order valence-electron chi connectivity index (χ3n) is 16.1. The van der Waals surface area contributed by atoms with E-state index in [-0.39, 0.29) is 0 Å². The zero-order valence-corrected chi connectivity index (χ0v) is 55.4. The Bertz CT molecular complexity index is 1230. The minimum atomic E-state index is -1.36. The van der Waals surface area contributed by atoms with Gasteiger partial charge in [-0.15, -0.1) is 0 Å². The van der Waals surface area contributed by atoms with E-state index in [1.54, 1.807) is 0 Å². The summed E-state index contributed by atoms with van der Waals surface area (Å²) in [7, 11) is 2.60. The molecular formula is C68H136O18. The fourth-order valence-electron chi connectivity index (χ4n) is 10.5. The van der Waals surface area contributed by atoms with Crippen molar-refractivity contribution in [2.75, 3.05) is 27.4 Å². The van der Waals surface area contributed by atoms with Crippen LogP contribution in [-0.4, -0.2) is 163 Å². The Morgan fingerprint density at radius 1 is 0.279 bits per heavy atom. The van der Waals surface area contributed by atoms with Gasteiger partial charge in [0.1, 0.15) is 48.8 Å². The van der Waals surface area contributed by atoms with Crippen LogP contribution in [0.5, 0.6) is 0 Å². The summed E-state index contributed by atoms with van der Waals surface area (Å²) >= 11 is 0. The van der Waals surface area contributed by atoms with E-state index >= 15 is 0 Å². The summed E-state index contributed by atoms with van der Waals surface area (Å²) in [5, 5.41) is 98.7. The topological polar surface area (TPSA) is 311 Å². The summed E-state index contributed by atoms with van der Waals surface area (Å²) in [5.41, 5.74) is 0. The monoisotopic (exact) mass is 1240 g/mol. The number of hydrogen-bond acceptors (Lipinski definition) is 15. The van der Waals surface area contributed by atoms with Crippen LogP contribution in [0.1, 0.15) is 329 Å². The van der Waals surface area contributed by atoms with E-state index in [0.717, 1.165) is 38.5 Å². The third-order valence-corrected chi connectivity index (χ3v) is 16.1. The maximum atomic E-state index is 10.3. The molecule has 2 aliphatic rings. The Kier molecular flexibility index (Phi) is 69.0. The maximum absolute atomic E-state index is 10.3. The fourth-order valence-corrected chi connectivity index (χ4v) is 10.5. The Hall–Kier alpha value is -2.07. The largest absolute Gasteiger partial charge is 0.481 e. The number of carboxylic acid groups (broad SMARTS) is 3. The van der Waals surface area contributed by atoms with Gasteiger partial charge < -0.3 is 75.1 Å². The number of hydrogen-bond donors (Lipinski definition) is 11. The molecule has 2 aliphatic heterocycles. The van der Waals surface area contributed by atoms with Crippen LogP contribution in [0, 0.1) is 0 Å². The fraction of sp³-hybridized carbons (Fsp3) is 0.956. The standard InChI is InChI=1S/3C18H36O2.2C7H14O6/c3*1-2-3-4-5-6-7-8-9-10-11-12-13-14-15-16-17-18(19)20;2*1-12-7-6(11)5(10)4(9)3(2-8)13-7/h3*2-17H2,1H3,(H,19,20);2*3-11H,2H2,1H3. The molecule has 0 saturated carbocycles. The van der Waals surface area contributed by atoms with Gasteiger partial charge in [-0.1, -0.05) is 290 Å². The van der Waals surface area contributed by atoms with Crippen LogP contribution >= 0.6 is 0 Å². The van der Waals surface area contributed by atoms with Crippen molar-refractivity contribution in [1.82, 2.24) is 0 Å². The van der Waals surface area contributed by atoms with E-state index in [9.17, 15) is 45.0 Å². The minimum absolute atomic E-state index is 0.345. The van der Waals surface area contributed by atoms with E-state index < -0.39 is 92.5 Å². The van der Waals surface area contributed by atoms with Crippen molar-refractivity contribution in [2.45, 2.75) is 390 Å². The Labute approximate surface area is 523 Å². The first-order valence-corrected chi connectivity index (χ1v) is 34.9. The Morgan fingerprint density at radius 3 is 0.581 bits per heavy atom. The summed E-state index contributed by atoms with van der Waals surface area (Å²) in [6.45, 7) is 5.93. The zero-order chi connectivity index (χ0) is 64.7. The molecule has 0 aromatic carbocycles. The van der Waals surface area contributed by atoms with Gasteiger partial charge in [-0.3, -0.25) is 14.4 Å². The van der Waals surface area contributed by atoms with E-state index in [2.05, 4.69) is 20.8 Å². The van der Waals surface area contributed by atoms with Crippen molar-refractivity contribution in [1.29, 1.82) is 0 Å². The molecule has 0 bridgehead atoms. The lowest BCUT2D eigenvalue weighted by atomic mass is 9.99. The summed E-state index contributed by atoms with van der Waals surface area (Å²) < 4.78 is 19.3. The van der Waals surface area contributed by atoms with Crippen molar-refractivity contribution in [3.8, 4) is 0 Å². The first kappa shape index (κ1) is 88.1. The molecule has 516 valence electrons. The van der Waals surface area contributed by atoms with Gasteiger partial charge in [0.05, 0.1) is 13.2 Å². The number of unbranched alkanes of at least 4 members (excludes halogenated alkanes) is 42. The van der Waals surface area contributed by atoms with Crippen LogP contribution < -0.4 is 0 Å². The molecule has 10 atom stereocenters. The highest BCUT2D eigenvalue weighted by molar-refractivity contribution is 5.67. The molecule has 18 nitrogen and oxygen atoms in total. The molecule has 10 unspecified atom stereocenters. The third kappa shape index (κ3) is 57.1. The van der Waals surface area contributed by atoms with Crippen molar-refractivity contribution < 1.29 is 89.5 Å². The molecule has 0 aromatic rings. The molecule has 11 N–H and O–H groups in total. The molecule has 0 spiro atoms. The van der Waals surface area contributed by atoms with Gasteiger partial charge in [0.25, 0.3) is 0 Å². The van der Waals surface area contributed by atoms with Crippen LogP contribution in [0.15, 0.2) is 0 Å². The van der Waals surface area contributed by atoms with Gasteiger partial charge in [-0.25, -0.2) is 0 Å². The minimum Gasteiger partial charge on any atom is -0.481 e. The summed E-state index contributed by atoms with van der Waals surface area (Å²) in [6, 6.07) is 0. The number of ether oxygens (including phenoxy) is 4. The average Bonchev–Trinajstić information content (AvgIpc) is 2.34. The molecule has 0 radical (unpaired) electrons. The lowest BCUT2D eigenvalue weighted by molar-refractivity contribution is -0.294. The van der Waals surface area contributed by atoms with Crippen molar-refractivity contribution in [3.63, 3.8) is 0 Å². The number of methoxy groups -OCH3 is 2. The van der Waals surface area contributed by atoms with Crippen LogP contribution in [0.25, 0.3) is 0 Å². The summed E-state index contributed by atoms with van der Waals surface area (Å²) in [6.07, 6.45) is 48.8. The number of rotatable bonds is 52. The molecule has 0 aliphatic carbocycles. The lowest BCUT2D eigenvalue weighted by Gasteiger charge is -2.38. The van der Waals surface area contributed by atoms with Crippen LogP contribution in [0.4, 0.5) is 0 Å². The van der Waals surface area contributed by atoms with Gasteiger partial charge in [0.15, 0.2) is 12.6 Å². The molecule has 0 amide bonds. The first-order chi connectivity index (χ1) is 41.5. The highest BCUT2D eigenvalue weighted by Crippen LogP contribution is 2.23. The molecule has 2 rings (SSSR count). The van der Waals surface area contributed by atoms with Gasteiger partial charge in [0.2, 0.25) is 0 Å². The smallest absolute Gasteiger partial charge is 0.303 e. The molecule has 86 heavy (non-hydrogen) atoms.